The SMILES string of the molecule is CC(NC(=O)C1CC=CCC1c1nc2ccccc2s1)c1ccc(C#N)cc1. The first-order chi connectivity index (χ1) is 13.7. The number of nitriles is 1. The van der Waals surface area contributed by atoms with Crippen LogP contribution in [-0.2, 0) is 4.79 Å². The van der Waals surface area contributed by atoms with Gasteiger partial charge in [0.05, 0.1) is 38.8 Å². The van der Waals surface area contributed by atoms with Crippen LogP contribution in [0.15, 0.2) is 60.7 Å². The Bertz CT molecular complexity index is 1030. The Morgan fingerprint density at radius 1 is 1.18 bits per heavy atom. The van der Waals surface area contributed by atoms with Crippen LogP contribution in [0.1, 0.15) is 47.9 Å². The molecule has 1 N–H and O–H groups in total. The van der Waals surface area contributed by atoms with Crippen molar-refractivity contribution < 1.29 is 4.79 Å². The molecule has 4 rings (SSSR count). The zero-order valence-corrected chi connectivity index (χ0v) is 16.4. The lowest BCUT2D eigenvalue weighted by Crippen LogP contribution is -2.36. The molecule has 0 saturated carbocycles. The van der Waals surface area contributed by atoms with Crippen LogP contribution in [0.2, 0.25) is 0 Å². The van der Waals surface area contributed by atoms with Crippen molar-refractivity contribution in [2.45, 2.75) is 31.7 Å². The van der Waals surface area contributed by atoms with Gasteiger partial charge < -0.3 is 5.32 Å². The molecule has 0 saturated heterocycles. The van der Waals surface area contributed by atoms with Crippen LogP contribution in [0.5, 0.6) is 0 Å². The van der Waals surface area contributed by atoms with Gasteiger partial charge in [-0.05, 0) is 49.6 Å². The number of hydrogen-bond acceptors (Lipinski definition) is 4. The van der Waals surface area contributed by atoms with Crippen molar-refractivity contribution in [2.75, 3.05) is 0 Å². The summed E-state index contributed by atoms with van der Waals surface area (Å²) >= 11 is 1.69. The van der Waals surface area contributed by atoms with Gasteiger partial charge in [0.2, 0.25) is 5.91 Å². The number of carbonyl (C=O) groups excluding carboxylic acids is 1. The van der Waals surface area contributed by atoms with Crippen molar-refractivity contribution in [1.82, 2.24) is 10.3 Å². The van der Waals surface area contributed by atoms with Gasteiger partial charge in [0, 0.05) is 5.92 Å². The number of amides is 1. The van der Waals surface area contributed by atoms with Gasteiger partial charge in [0.1, 0.15) is 0 Å². The van der Waals surface area contributed by atoms with Gasteiger partial charge in [-0.3, -0.25) is 4.79 Å². The summed E-state index contributed by atoms with van der Waals surface area (Å²) in [6.07, 6.45) is 5.82. The van der Waals surface area contributed by atoms with Crippen molar-refractivity contribution in [3.05, 3.63) is 76.8 Å². The summed E-state index contributed by atoms with van der Waals surface area (Å²) in [6.45, 7) is 1.98. The number of carbonyl (C=O) groups is 1. The predicted molar refractivity (Wildman–Crippen MR) is 112 cm³/mol. The zero-order valence-electron chi connectivity index (χ0n) is 15.6. The molecule has 1 aliphatic carbocycles. The van der Waals surface area contributed by atoms with E-state index in [0.29, 0.717) is 5.56 Å². The molecular formula is C23H21N3OS. The summed E-state index contributed by atoms with van der Waals surface area (Å²) < 4.78 is 1.16. The highest BCUT2D eigenvalue weighted by Gasteiger charge is 2.32. The monoisotopic (exact) mass is 387 g/mol. The molecule has 4 nitrogen and oxygen atoms in total. The average Bonchev–Trinajstić information content (AvgIpc) is 3.18. The molecule has 3 atom stereocenters. The fourth-order valence-corrected chi connectivity index (χ4v) is 4.82. The highest BCUT2D eigenvalue weighted by Crippen LogP contribution is 2.38. The lowest BCUT2D eigenvalue weighted by Gasteiger charge is -2.27. The van der Waals surface area contributed by atoms with E-state index in [1.165, 1.54) is 0 Å². The molecule has 140 valence electrons. The molecule has 0 radical (unpaired) electrons. The number of thiazole rings is 1. The minimum Gasteiger partial charge on any atom is -0.349 e. The maximum atomic E-state index is 13.1. The van der Waals surface area contributed by atoms with Crippen LogP contribution >= 0.6 is 11.3 Å². The van der Waals surface area contributed by atoms with Gasteiger partial charge in [-0.2, -0.15) is 5.26 Å². The van der Waals surface area contributed by atoms with E-state index in [9.17, 15) is 4.79 Å². The summed E-state index contributed by atoms with van der Waals surface area (Å²) in [5, 5.41) is 13.1. The van der Waals surface area contributed by atoms with Crippen LogP contribution < -0.4 is 5.32 Å². The summed E-state index contributed by atoms with van der Waals surface area (Å²) in [7, 11) is 0. The van der Waals surface area contributed by atoms with Crippen LogP contribution in [0.25, 0.3) is 10.2 Å². The fraction of sp³-hybridized carbons (Fsp3) is 0.261. The van der Waals surface area contributed by atoms with Crippen LogP contribution in [-0.4, -0.2) is 10.9 Å². The Hall–Kier alpha value is -2.97. The van der Waals surface area contributed by atoms with E-state index in [-0.39, 0.29) is 23.8 Å². The van der Waals surface area contributed by atoms with Crippen molar-refractivity contribution in [3.63, 3.8) is 0 Å². The van der Waals surface area contributed by atoms with Crippen LogP contribution in [0.4, 0.5) is 0 Å². The molecule has 1 amide bonds. The zero-order chi connectivity index (χ0) is 19.5. The Balaban J connectivity index is 1.52. The number of nitrogens with one attached hydrogen (secondary N) is 1. The second-order valence-corrected chi connectivity index (χ2v) is 8.20. The van der Waals surface area contributed by atoms with Gasteiger partial charge in [-0.1, -0.05) is 36.4 Å². The third-order valence-corrected chi connectivity index (χ3v) is 6.46. The van der Waals surface area contributed by atoms with E-state index >= 15 is 0 Å². The van der Waals surface area contributed by atoms with E-state index in [0.717, 1.165) is 33.6 Å². The molecule has 0 bridgehead atoms. The number of benzene rings is 2. The summed E-state index contributed by atoms with van der Waals surface area (Å²) in [6, 6.07) is 17.5. The van der Waals surface area contributed by atoms with Crippen molar-refractivity contribution in [2.24, 2.45) is 5.92 Å². The van der Waals surface area contributed by atoms with Crippen LogP contribution in [0, 0.1) is 17.2 Å². The molecule has 1 aliphatic rings. The van der Waals surface area contributed by atoms with E-state index in [1.54, 1.807) is 23.5 Å². The normalized spacial score (nSPS) is 19.9. The summed E-state index contributed by atoms with van der Waals surface area (Å²) in [5.74, 6) is 0.0485. The molecule has 1 heterocycles. The molecule has 28 heavy (non-hydrogen) atoms. The highest BCUT2D eigenvalue weighted by molar-refractivity contribution is 7.18. The average molecular weight is 388 g/mol. The van der Waals surface area contributed by atoms with E-state index in [1.807, 2.05) is 37.3 Å². The second kappa shape index (κ2) is 7.95. The molecule has 1 aromatic heterocycles. The molecule has 0 aliphatic heterocycles. The lowest BCUT2D eigenvalue weighted by atomic mass is 9.82. The molecule has 0 spiro atoms. The first kappa shape index (κ1) is 18.4. The number of allylic oxidation sites excluding steroid dienone is 2. The Morgan fingerprint density at radius 3 is 2.68 bits per heavy atom. The van der Waals surface area contributed by atoms with Gasteiger partial charge in [0.25, 0.3) is 0 Å². The van der Waals surface area contributed by atoms with Gasteiger partial charge in [-0.25, -0.2) is 4.98 Å². The molecule has 0 fully saturated rings. The number of fused-ring (bicyclic) bond motifs is 1. The number of nitrogens with zero attached hydrogens (tertiary/aromatic N) is 2. The van der Waals surface area contributed by atoms with E-state index in [2.05, 4.69) is 29.6 Å². The first-order valence-electron chi connectivity index (χ1n) is 9.46. The van der Waals surface area contributed by atoms with Crippen molar-refractivity contribution in [1.29, 1.82) is 5.26 Å². The first-order valence-corrected chi connectivity index (χ1v) is 10.3. The Kier molecular flexibility index (Phi) is 5.23. The summed E-state index contributed by atoms with van der Waals surface area (Å²) in [5.41, 5.74) is 2.62. The maximum absolute atomic E-state index is 13.1. The van der Waals surface area contributed by atoms with Gasteiger partial charge in [-0.15, -0.1) is 11.3 Å². The Labute approximate surface area is 168 Å². The largest absolute Gasteiger partial charge is 0.349 e. The smallest absolute Gasteiger partial charge is 0.224 e. The number of rotatable bonds is 4. The van der Waals surface area contributed by atoms with Gasteiger partial charge in [0.15, 0.2) is 0 Å². The summed E-state index contributed by atoms with van der Waals surface area (Å²) in [4.78, 5) is 17.9. The maximum Gasteiger partial charge on any atom is 0.224 e. The standard InChI is InChI=1S/C23H21N3OS/c1-15(17-12-10-16(14-24)11-13-17)25-22(27)18-6-2-3-7-19(18)23-26-20-8-4-5-9-21(20)28-23/h2-5,8-13,15,18-19H,6-7H2,1H3,(H,25,27). The minimum atomic E-state index is -0.119. The van der Waals surface area contributed by atoms with Crippen LogP contribution in [0.3, 0.4) is 0 Å². The Morgan fingerprint density at radius 2 is 1.93 bits per heavy atom. The second-order valence-electron chi connectivity index (χ2n) is 7.14. The molecule has 5 heteroatoms. The number of aromatic nitrogens is 1. The number of para-hydroxylation sites is 1. The third kappa shape index (κ3) is 3.69. The molecule has 3 unspecified atom stereocenters. The minimum absolute atomic E-state index is 0.0606. The third-order valence-electron chi connectivity index (χ3n) is 5.30. The predicted octanol–water partition coefficient (Wildman–Crippen LogP) is 5.10. The van der Waals surface area contributed by atoms with Crippen molar-refractivity contribution in [3.8, 4) is 6.07 Å². The van der Waals surface area contributed by atoms with Gasteiger partial charge >= 0.3 is 0 Å². The number of hydrogen-bond donors (Lipinski definition) is 1. The topological polar surface area (TPSA) is 65.8 Å². The van der Waals surface area contributed by atoms with E-state index < -0.39 is 0 Å². The molecule has 2 aromatic carbocycles. The highest BCUT2D eigenvalue weighted by atomic mass is 32.1. The fourth-order valence-electron chi connectivity index (χ4n) is 3.68. The molecule has 3 aromatic rings. The quantitative estimate of drug-likeness (QED) is 0.634. The van der Waals surface area contributed by atoms with E-state index in [4.69, 9.17) is 10.2 Å². The molecular weight excluding hydrogens is 366 g/mol. The lowest BCUT2D eigenvalue weighted by molar-refractivity contribution is -0.126. The van der Waals surface area contributed by atoms with Crippen molar-refractivity contribution >= 4 is 27.5 Å².